The Bertz CT molecular complexity index is 1440. The average molecular weight is 442 g/mol. The zero-order valence-electron chi connectivity index (χ0n) is 17.3. The van der Waals surface area contributed by atoms with Gasteiger partial charge in [0.25, 0.3) is 5.91 Å². The monoisotopic (exact) mass is 441 g/mol. The number of hydrogen-bond donors (Lipinski definition) is 2. The first-order valence-corrected chi connectivity index (χ1v) is 10.6. The predicted octanol–water partition coefficient (Wildman–Crippen LogP) is 5.30. The van der Waals surface area contributed by atoms with Crippen LogP contribution in [-0.4, -0.2) is 20.4 Å². The number of rotatable bonds is 4. The van der Waals surface area contributed by atoms with Gasteiger partial charge in [0.15, 0.2) is 5.65 Å². The summed E-state index contributed by atoms with van der Waals surface area (Å²) in [4.78, 5) is 22.9. The molecule has 3 aromatic carbocycles. The van der Waals surface area contributed by atoms with Crippen molar-refractivity contribution in [2.45, 2.75) is 13.0 Å². The van der Waals surface area contributed by atoms with Crippen molar-refractivity contribution >= 4 is 45.5 Å². The summed E-state index contributed by atoms with van der Waals surface area (Å²) in [6.07, 6.45) is 0. The number of amides is 1. The average Bonchev–Trinajstić information content (AvgIpc) is 3.09. The molecule has 5 rings (SSSR count). The molecule has 0 aliphatic carbocycles. The minimum Gasteiger partial charge on any atom is -0.384 e. The number of nitrogen functional groups attached to an aromatic ring is 1. The lowest BCUT2D eigenvalue weighted by Gasteiger charge is -2.14. The molecule has 0 radical (unpaired) electrons. The fourth-order valence-corrected chi connectivity index (χ4v) is 3.96. The second-order valence-electron chi connectivity index (χ2n) is 7.56. The van der Waals surface area contributed by atoms with E-state index in [1.807, 2.05) is 73.7 Å². The number of carbonyl (C=O) groups excluding carboxylic acids is 1. The molecule has 5 aromatic rings. The Labute approximate surface area is 189 Å². The number of nitrogens with two attached hydrogens (primary N) is 1. The molecule has 0 spiro atoms. The van der Waals surface area contributed by atoms with Gasteiger partial charge in [-0.05, 0) is 48.9 Å². The molecule has 7 heteroatoms. The van der Waals surface area contributed by atoms with E-state index in [0.717, 1.165) is 16.8 Å². The Morgan fingerprint density at radius 3 is 2.25 bits per heavy atom. The molecule has 0 saturated carbocycles. The van der Waals surface area contributed by atoms with E-state index in [1.165, 1.54) is 0 Å². The molecule has 1 atom stereocenters. The van der Waals surface area contributed by atoms with Gasteiger partial charge in [0.05, 0.1) is 17.1 Å². The number of para-hydroxylation sites is 2. The summed E-state index contributed by atoms with van der Waals surface area (Å²) in [5, 5.41) is 3.65. The second-order valence-corrected chi connectivity index (χ2v) is 8.00. The van der Waals surface area contributed by atoms with Crippen molar-refractivity contribution in [3.63, 3.8) is 0 Å². The summed E-state index contributed by atoms with van der Waals surface area (Å²) in [5.41, 5.74) is 11.0. The van der Waals surface area contributed by atoms with Gasteiger partial charge < -0.3 is 11.1 Å². The highest BCUT2D eigenvalue weighted by molar-refractivity contribution is 6.30. The van der Waals surface area contributed by atoms with E-state index in [1.54, 1.807) is 16.7 Å². The van der Waals surface area contributed by atoms with Crippen molar-refractivity contribution < 1.29 is 4.79 Å². The third-order valence-electron chi connectivity index (χ3n) is 5.46. The maximum Gasteiger partial charge on any atom is 0.257 e. The molecule has 0 bridgehead atoms. The highest BCUT2D eigenvalue weighted by Crippen LogP contribution is 2.31. The number of fused-ring (bicyclic) bond motifs is 2. The topological polar surface area (TPSA) is 85.8 Å². The van der Waals surface area contributed by atoms with Crippen molar-refractivity contribution in [3.05, 3.63) is 95.0 Å². The molecule has 1 unspecified atom stereocenters. The minimum atomic E-state index is -0.304. The first-order chi connectivity index (χ1) is 15.5. The number of hydrogen-bond acceptors (Lipinski definition) is 4. The summed E-state index contributed by atoms with van der Waals surface area (Å²) in [7, 11) is 0. The fourth-order valence-electron chi connectivity index (χ4n) is 3.83. The van der Waals surface area contributed by atoms with Gasteiger partial charge in [-0.15, -0.1) is 0 Å². The molecule has 3 N–H and O–H groups in total. The summed E-state index contributed by atoms with van der Waals surface area (Å²) in [6, 6.07) is 24.3. The first kappa shape index (κ1) is 20.0. The van der Waals surface area contributed by atoms with E-state index in [-0.39, 0.29) is 17.8 Å². The van der Waals surface area contributed by atoms with E-state index in [0.29, 0.717) is 27.3 Å². The minimum absolute atomic E-state index is 0.203. The lowest BCUT2D eigenvalue weighted by atomic mass is 10.1. The van der Waals surface area contributed by atoms with Crippen LogP contribution >= 0.6 is 11.6 Å². The highest BCUT2D eigenvalue weighted by atomic mass is 35.5. The standard InChI is InChI=1S/C25H20ClN5O/c1-15(16-7-3-2-4-8-16)28-25(32)21-22-24(30-20-10-6-5-9-19(20)29-22)31(23(21)27)18-13-11-17(26)12-14-18/h2-15H,27H2,1H3,(H,28,32). The van der Waals surface area contributed by atoms with E-state index in [9.17, 15) is 4.79 Å². The van der Waals surface area contributed by atoms with E-state index < -0.39 is 0 Å². The molecule has 2 heterocycles. The van der Waals surface area contributed by atoms with Gasteiger partial charge in [0.2, 0.25) is 0 Å². The quantitative estimate of drug-likeness (QED) is 0.396. The molecule has 2 aromatic heterocycles. The molecule has 1 amide bonds. The summed E-state index contributed by atoms with van der Waals surface area (Å²) in [6.45, 7) is 1.93. The number of halogens is 1. The largest absolute Gasteiger partial charge is 0.384 e. The SMILES string of the molecule is CC(NC(=O)c1c(N)n(-c2ccc(Cl)cc2)c2nc3ccccc3nc12)c1ccccc1. The Morgan fingerprint density at radius 2 is 1.56 bits per heavy atom. The smallest absolute Gasteiger partial charge is 0.257 e. The number of aromatic nitrogens is 3. The molecular formula is C25H20ClN5O. The predicted molar refractivity (Wildman–Crippen MR) is 128 cm³/mol. The normalized spacial score (nSPS) is 12.2. The van der Waals surface area contributed by atoms with E-state index >= 15 is 0 Å². The summed E-state index contributed by atoms with van der Waals surface area (Å²) >= 11 is 6.07. The highest BCUT2D eigenvalue weighted by Gasteiger charge is 2.25. The van der Waals surface area contributed by atoms with Gasteiger partial charge in [-0.25, -0.2) is 9.97 Å². The molecule has 0 saturated heterocycles. The molecule has 0 aliphatic heterocycles. The molecule has 6 nitrogen and oxygen atoms in total. The first-order valence-electron chi connectivity index (χ1n) is 10.2. The summed E-state index contributed by atoms with van der Waals surface area (Å²) in [5.74, 6) is -0.0310. The molecule has 32 heavy (non-hydrogen) atoms. The maximum atomic E-state index is 13.4. The van der Waals surface area contributed by atoms with Gasteiger partial charge in [0.1, 0.15) is 16.9 Å². The molecule has 0 aliphatic rings. The van der Waals surface area contributed by atoms with Crippen molar-refractivity contribution in [1.29, 1.82) is 0 Å². The maximum absolute atomic E-state index is 13.4. The molecule has 0 fully saturated rings. The Morgan fingerprint density at radius 1 is 0.938 bits per heavy atom. The van der Waals surface area contributed by atoms with E-state index in [2.05, 4.69) is 5.32 Å². The van der Waals surface area contributed by atoms with Crippen LogP contribution in [0.4, 0.5) is 5.82 Å². The van der Waals surface area contributed by atoms with Gasteiger partial charge in [-0.3, -0.25) is 9.36 Å². The van der Waals surface area contributed by atoms with Gasteiger partial charge >= 0.3 is 0 Å². The number of nitrogens with zero attached hydrogens (tertiary/aromatic N) is 3. The lowest BCUT2D eigenvalue weighted by Crippen LogP contribution is -2.27. The van der Waals surface area contributed by atoms with Crippen LogP contribution in [0.5, 0.6) is 0 Å². The van der Waals surface area contributed by atoms with E-state index in [4.69, 9.17) is 27.3 Å². The zero-order chi connectivity index (χ0) is 22.2. The molecular weight excluding hydrogens is 422 g/mol. The Kier molecular flexibility index (Phi) is 4.99. The second kappa shape index (κ2) is 7.98. The number of nitrogens with one attached hydrogen (secondary N) is 1. The van der Waals surface area contributed by atoms with Crippen LogP contribution in [0, 0.1) is 0 Å². The van der Waals surface area contributed by atoms with Gasteiger partial charge in [-0.1, -0.05) is 54.1 Å². The number of carbonyl (C=O) groups is 1. The van der Waals surface area contributed by atoms with Crippen molar-refractivity contribution in [2.75, 3.05) is 5.73 Å². The summed E-state index contributed by atoms with van der Waals surface area (Å²) < 4.78 is 1.74. The number of benzene rings is 3. The fraction of sp³-hybridized carbons (Fsp3) is 0.0800. The van der Waals surface area contributed by atoms with Crippen LogP contribution in [0.3, 0.4) is 0 Å². The van der Waals surface area contributed by atoms with Gasteiger partial charge in [0, 0.05) is 10.7 Å². The third-order valence-corrected chi connectivity index (χ3v) is 5.71. The van der Waals surface area contributed by atoms with Crippen molar-refractivity contribution in [1.82, 2.24) is 19.9 Å². The van der Waals surface area contributed by atoms with Gasteiger partial charge in [-0.2, -0.15) is 0 Å². The lowest BCUT2D eigenvalue weighted by molar-refractivity contribution is 0.0942. The van der Waals surface area contributed by atoms with Crippen LogP contribution < -0.4 is 11.1 Å². The van der Waals surface area contributed by atoms with Crippen LogP contribution in [0.25, 0.3) is 27.9 Å². The van der Waals surface area contributed by atoms with Crippen molar-refractivity contribution in [3.8, 4) is 5.69 Å². The van der Waals surface area contributed by atoms with Crippen LogP contribution in [0.1, 0.15) is 28.9 Å². The van der Waals surface area contributed by atoms with Crippen molar-refractivity contribution in [2.24, 2.45) is 0 Å². The Balaban J connectivity index is 1.69. The zero-order valence-corrected chi connectivity index (χ0v) is 18.0. The number of anilines is 1. The molecule has 158 valence electrons. The third kappa shape index (κ3) is 3.44. The van der Waals surface area contributed by atoms with Crippen LogP contribution in [-0.2, 0) is 0 Å². The van der Waals surface area contributed by atoms with Crippen LogP contribution in [0.2, 0.25) is 5.02 Å². The van der Waals surface area contributed by atoms with Crippen LogP contribution in [0.15, 0.2) is 78.9 Å². The Hall–Kier alpha value is -3.90.